The number of hydrogen-bond acceptors (Lipinski definition) is 3. The molecule has 0 atom stereocenters. The molecule has 13 heavy (non-hydrogen) atoms. The van der Waals surface area contributed by atoms with Crippen molar-refractivity contribution in [2.45, 2.75) is 0 Å². The molecule has 0 fully saturated rings. The van der Waals surface area contributed by atoms with Crippen LogP contribution in [0.1, 0.15) is 0 Å². The SMILES string of the molecule is COc1csc2c(Br)c(O)ccc12. The largest absolute Gasteiger partial charge is 0.507 e. The van der Waals surface area contributed by atoms with Crippen LogP contribution in [0.4, 0.5) is 0 Å². The summed E-state index contributed by atoms with van der Waals surface area (Å²) in [7, 11) is 1.64. The number of halogens is 1. The Hall–Kier alpha value is -0.740. The summed E-state index contributed by atoms with van der Waals surface area (Å²) in [4.78, 5) is 0. The maximum absolute atomic E-state index is 9.42. The van der Waals surface area contributed by atoms with Gasteiger partial charge in [0, 0.05) is 10.8 Å². The van der Waals surface area contributed by atoms with E-state index in [0.717, 1.165) is 20.3 Å². The van der Waals surface area contributed by atoms with Crippen LogP contribution in [-0.4, -0.2) is 12.2 Å². The van der Waals surface area contributed by atoms with Crippen LogP contribution in [0.25, 0.3) is 10.1 Å². The lowest BCUT2D eigenvalue weighted by atomic mass is 10.2. The van der Waals surface area contributed by atoms with Gasteiger partial charge in [-0.2, -0.15) is 0 Å². The number of rotatable bonds is 1. The van der Waals surface area contributed by atoms with Gasteiger partial charge in [-0.15, -0.1) is 11.3 Å². The van der Waals surface area contributed by atoms with Gasteiger partial charge in [-0.1, -0.05) is 0 Å². The molecule has 2 nitrogen and oxygen atoms in total. The molecule has 1 aromatic carbocycles. The Balaban J connectivity index is 2.81. The first-order chi connectivity index (χ1) is 6.24. The fraction of sp³-hybridized carbons (Fsp3) is 0.111. The number of methoxy groups -OCH3 is 1. The third-order valence-electron chi connectivity index (χ3n) is 1.85. The Kier molecular flexibility index (Phi) is 2.17. The number of hydrogen-bond donors (Lipinski definition) is 1. The summed E-state index contributed by atoms with van der Waals surface area (Å²) in [5.74, 6) is 1.11. The van der Waals surface area contributed by atoms with Crippen molar-refractivity contribution in [3.63, 3.8) is 0 Å². The van der Waals surface area contributed by atoms with Crippen molar-refractivity contribution in [2.75, 3.05) is 7.11 Å². The highest BCUT2D eigenvalue weighted by atomic mass is 79.9. The summed E-state index contributed by atoms with van der Waals surface area (Å²) >= 11 is 4.88. The minimum Gasteiger partial charge on any atom is -0.507 e. The van der Waals surface area contributed by atoms with Gasteiger partial charge in [0.2, 0.25) is 0 Å². The Morgan fingerprint density at radius 1 is 1.46 bits per heavy atom. The first-order valence-corrected chi connectivity index (χ1v) is 5.34. The Morgan fingerprint density at radius 3 is 2.92 bits per heavy atom. The fourth-order valence-corrected chi connectivity index (χ4v) is 2.77. The van der Waals surface area contributed by atoms with Crippen molar-refractivity contribution in [3.05, 3.63) is 22.0 Å². The molecule has 0 spiro atoms. The predicted octanol–water partition coefficient (Wildman–Crippen LogP) is 3.38. The molecule has 2 aromatic rings. The zero-order valence-corrected chi connectivity index (χ0v) is 9.28. The standard InChI is InChI=1S/C9H7BrO2S/c1-12-7-4-13-9-5(7)2-3-6(11)8(9)10/h2-4,11H,1H3. The van der Waals surface area contributed by atoms with Gasteiger partial charge in [-0.05, 0) is 28.1 Å². The lowest BCUT2D eigenvalue weighted by molar-refractivity contribution is 0.421. The predicted molar refractivity (Wildman–Crippen MR) is 57.7 cm³/mol. The number of ether oxygens (including phenoxy) is 1. The zero-order chi connectivity index (χ0) is 9.42. The Labute approximate surface area is 87.9 Å². The van der Waals surface area contributed by atoms with Gasteiger partial charge in [0.1, 0.15) is 11.5 Å². The minimum atomic E-state index is 0.261. The molecule has 4 heteroatoms. The molecule has 0 aliphatic rings. The summed E-state index contributed by atoms with van der Waals surface area (Å²) in [5.41, 5.74) is 0. The second-order valence-corrected chi connectivity index (χ2v) is 4.25. The summed E-state index contributed by atoms with van der Waals surface area (Å²) in [6.07, 6.45) is 0. The van der Waals surface area contributed by atoms with Crippen molar-refractivity contribution in [2.24, 2.45) is 0 Å². The first kappa shape index (κ1) is 8.84. The summed E-state index contributed by atoms with van der Waals surface area (Å²) < 4.78 is 6.92. The lowest BCUT2D eigenvalue weighted by Gasteiger charge is -1.99. The average Bonchev–Trinajstić information content (AvgIpc) is 2.55. The van der Waals surface area contributed by atoms with Gasteiger partial charge in [-0.3, -0.25) is 0 Å². The molecular weight excluding hydrogens is 252 g/mol. The Bertz CT molecular complexity index is 450. The number of thiophene rings is 1. The number of phenolic OH excluding ortho intramolecular Hbond substituents is 1. The maximum atomic E-state index is 9.42. The van der Waals surface area contributed by atoms with E-state index >= 15 is 0 Å². The molecule has 0 aliphatic heterocycles. The monoisotopic (exact) mass is 258 g/mol. The van der Waals surface area contributed by atoms with Crippen LogP contribution < -0.4 is 4.74 Å². The highest BCUT2D eigenvalue weighted by molar-refractivity contribution is 9.10. The van der Waals surface area contributed by atoms with Crippen molar-refractivity contribution >= 4 is 37.4 Å². The maximum Gasteiger partial charge on any atom is 0.137 e. The summed E-state index contributed by atoms with van der Waals surface area (Å²) in [6, 6.07) is 3.51. The van der Waals surface area contributed by atoms with Crippen LogP contribution in [0.3, 0.4) is 0 Å². The topological polar surface area (TPSA) is 29.5 Å². The summed E-state index contributed by atoms with van der Waals surface area (Å²) in [5, 5.41) is 12.4. The Morgan fingerprint density at radius 2 is 2.23 bits per heavy atom. The minimum absolute atomic E-state index is 0.261. The summed E-state index contributed by atoms with van der Waals surface area (Å²) in [6.45, 7) is 0. The molecular formula is C9H7BrO2S. The van der Waals surface area contributed by atoms with Crippen molar-refractivity contribution in [1.29, 1.82) is 0 Å². The van der Waals surface area contributed by atoms with Gasteiger partial charge >= 0.3 is 0 Å². The van der Waals surface area contributed by atoms with Crippen molar-refractivity contribution in [3.8, 4) is 11.5 Å². The smallest absolute Gasteiger partial charge is 0.137 e. The highest BCUT2D eigenvalue weighted by Gasteiger charge is 2.09. The van der Waals surface area contributed by atoms with Gasteiger partial charge in [0.25, 0.3) is 0 Å². The van der Waals surface area contributed by atoms with E-state index in [9.17, 15) is 5.11 Å². The van der Waals surface area contributed by atoms with E-state index in [0.29, 0.717) is 0 Å². The average molecular weight is 259 g/mol. The number of aromatic hydroxyl groups is 1. The van der Waals surface area contributed by atoms with Crippen molar-refractivity contribution < 1.29 is 9.84 Å². The lowest BCUT2D eigenvalue weighted by Crippen LogP contribution is -1.79. The van der Waals surface area contributed by atoms with Crippen LogP contribution >= 0.6 is 27.3 Å². The first-order valence-electron chi connectivity index (χ1n) is 3.66. The van der Waals surface area contributed by atoms with Crippen LogP contribution in [-0.2, 0) is 0 Å². The van der Waals surface area contributed by atoms with Crippen LogP contribution in [0.2, 0.25) is 0 Å². The molecule has 2 rings (SSSR count). The van der Waals surface area contributed by atoms with Crippen molar-refractivity contribution in [1.82, 2.24) is 0 Å². The van der Waals surface area contributed by atoms with Crippen LogP contribution in [0.15, 0.2) is 22.0 Å². The highest BCUT2D eigenvalue weighted by Crippen LogP contribution is 2.40. The third kappa shape index (κ3) is 1.30. The molecule has 0 aliphatic carbocycles. The van der Waals surface area contributed by atoms with Gasteiger partial charge in [-0.25, -0.2) is 0 Å². The van der Waals surface area contributed by atoms with E-state index in [4.69, 9.17) is 4.74 Å². The molecule has 1 heterocycles. The molecule has 0 bridgehead atoms. The molecule has 0 amide bonds. The molecule has 0 radical (unpaired) electrons. The molecule has 1 N–H and O–H groups in total. The van der Waals surface area contributed by atoms with E-state index in [1.54, 1.807) is 24.5 Å². The van der Waals surface area contributed by atoms with Gasteiger partial charge in [0.05, 0.1) is 16.3 Å². The molecule has 68 valence electrons. The van der Waals surface area contributed by atoms with E-state index in [-0.39, 0.29) is 5.75 Å². The van der Waals surface area contributed by atoms with E-state index < -0.39 is 0 Å². The van der Waals surface area contributed by atoms with Crippen LogP contribution in [0.5, 0.6) is 11.5 Å². The quantitative estimate of drug-likeness (QED) is 0.850. The second-order valence-electron chi connectivity index (χ2n) is 2.58. The third-order valence-corrected chi connectivity index (χ3v) is 3.90. The fourth-order valence-electron chi connectivity index (χ4n) is 1.19. The van der Waals surface area contributed by atoms with Crippen LogP contribution in [0, 0.1) is 0 Å². The van der Waals surface area contributed by atoms with E-state index in [1.807, 2.05) is 11.4 Å². The molecule has 0 unspecified atom stereocenters. The van der Waals surface area contributed by atoms with Gasteiger partial charge < -0.3 is 9.84 Å². The normalized spacial score (nSPS) is 10.6. The van der Waals surface area contributed by atoms with E-state index in [1.165, 1.54) is 0 Å². The molecule has 0 saturated carbocycles. The second kappa shape index (κ2) is 3.20. The zero-order valence-electron chi connectivity index (χ0n) is 6.87. The van der Waals surface area contributed by atoms with Gasteiger partial charge in [0.15, 0.2) is 0 Å². The molecule has 0 saturated heterocycles. The number of benzene rings is 1. The number of fused-ring (bicyclic) bond motifs is 1. The molecule has 1 aromatic heterocycles. The van der Waals surface area contributed by atoms with E-state index in [2.05, 4.69) is 15.9 Å². The number of phenols is 1.